The van der Waals surface area contributed by atoms with E-state index in [4.69, 9.17) is 5.11 Å². The summed E-state index contributed by atoms with van der Waals surface area (Å²) in [6.45, 7) is 5.85. The third-order valence-electron chi connectivity index (χ3n) is 0.690. The monoisotopic (exact) mass is 130 g/mol. The Kier molecular flexibility index (Phi) is 2.40. The summed E-state index contributed by atoms with van der Waals surface area (Å²) in [5.74, 6) is -0.697. The van der Waals surface area contributed by atoms with Crippen LogP contribution in [0.5, 0.6) is 0 Å². The number of ether oxygens (including phenoxy) is 1. The quantitative estimate of drug-likeness (QED) is 0.436. The van der Waals surface area contributed by atoms with Crippen molar-refractivity contribution in [3.8, 4) is 0 Å². The molecule has 3 heteroatoms. The molecule has 0 fully saturated rings. The number of carbonyl (C=O) groups excluding carboxylic acids is 1. The maximum absolute atomic E-state index is 10.5. The molecule has 3 nitrogen and oxygen atoms in total. The molecular weight excluding hydrogens is 120 g/mol. The third kappa shape index (κ3) is 2.87. The van der Waals surface area contributed by atoms with Crippen molar-refractivity contribution in [2.45, 2.75) is 19.4 Å². The van der Waals surface area contributed by atoms with Crippen LogP contribution in [0, 0.1) is 0 Å². The third-order valence-corrected chi connectivity index (χ3v) is 0.690. The maximum Gasteiger partial charge on any atom is 0.342 e. The summed E-state index contributed by atoms with van der Waals surface area (Å²) in [4.78, 5) is 10.5. The number of esters is 1. The fourth-order valence-corrected chi connectivity index (χ4v) is 0.220. The Balaban J connectivity index is 3.88. The molecule has 0 saturated carbocycles. The summed E-state index contributed by atoms with van der Waals surface area (Å²) in [6.07, 6.45) is 0.986. The highest BCUT2D eigenvalue weighted by atomic mass is 16.5. The van der Waals surface area contributed by atoms with E-state index in [1.54, 1.807) is 0 Å². The molecule has 0 aromatic heterocycles. The number of carbonyl (C=O) groups is 1. The highest BCUT2D eigenvalue weighted by molar-refractivity contribution is 5.78. The van der Waals surface area contributed by atoms with Gasteiger partial charge in [-0.2, -0.15) is 0 Å². The van der Waals surface area contributed by atoms with Crippen LogP contribution in [0.1, 0.15) is 13.8 Å². The van der Waals surface area contributed by atoms with Crippen molar-refractivity contribution in [3.05, 3.63) is 12.8 Å². The molecule has 0 aromatic carbocycles. The van der Waals surface area contributed by atoms with Crippen molar-refractivity contribution in [2.75, 3.05) is 0 Å². The van der Waals surface area contributed by atoms with Crippen molar-refractivity contribution < 1.29 is 14.6 Å². The topological polar surface area (TPSA) is 46.5 Å². The van der Waals surface area contributed by atoms with Gasteiger partial charge in [0.2, 0.25) is 0 Å². The Morgan fingerprint density at radius 2 is 2.22 bits per heavy atom. The van der Waals surface area contributed by atoms with E-state index in [0.717, 1.165) is 6.26 Å². The van der Waals surface area contributed by atoms with Gasteiger partial charge in [-0.15, -0.1) is 0 Å². The van der Waals surface area contributed by atoms with E-state index < -0.39 is 11.6 Å². The van der Waals surface area contributed by atoms with Crippen LogP contribution in [0.15, 0.2) is 12.8 Å². The Morgan fingerprint density at radius 3 is 2.33 bits per heavy atom. The molecular formula is C6H10O3. The second kappa shape index (κ2) is 2.64. The molecule has 1 N–H and O–H groups in total. The van der Waals surface area contributed by atoms with Crippen LogP contribution < -0.4 is 0 Å². The van der Waals surface area contributed by atoms with Crippen LogP contribution in [0.25, 0.3) is 0 Å². The van der Waals surface area contributed by atoms with Crippen molar-refractivity contribution >= 4 is 5.97 Å². The number of hydrogen-bond donors (Lipinski definition) is 1. The van der Waals surface area contributed by atoms with Crippen LogP contribution >= 0.6 is 0 Å². The minimum absolute atomic E-state index is 0.697. The average Bonchev–Trinajstić information content (AvgIpc) is 1.64. The lowest BCUT2D eigenvalue weighted by Gasteiger charge is -2.12. The molecule has 0 bridgehead atoms. The molecule has 9 heavy (non-hydrogen) atoms. The Bertz CT molecular complexity index is 121. The van der Waals surface area contributed by atoms with Crippen LogP contribution in [0.4, 0.5) is 0 Å². The second-order valence-electron chi connectivity index (χ2n) is 2.13. The summed E-state index contributed by atoms with van der Waals surface area (Å²) >= 11 is 0. The molecule has 0 amide bonds. The number of hydrogen-bond acceptors (Lipinski definition) is 3. The van der Waals surface area contributed by atoms with E-state index in [-0.39, 0.29) is 0 Å². The lowest BCUT2D eigenvalue weighted by atomic mass is 10.1. The van der Waals surface area contributed by atoms with E-state index >= 15 is 0 Å². The fourth-order valence-electron chi connectivity index (χ4n) is 0.220. The van der Waals surface area contributed by atoms with Gasteiger partial charge in [-0.25, -0.2) is 4.79 Å². The van der Waals surface area contributed by atoms with Gasteiger partial charge in [0, 0.05) is 0 Å². The molecule has 0 heterocycles. The first-order valence-corrected chi connectivity index (χ1v) is 2.53. The first-order valence-electron chi connectivity index (χ1n) is 2.53. The van der Waals surface area contributed by atoms with Crippen LogP contribution in [0.3, 0.4) is 0 Å². The zero-order chi connectivity index (χ0) is 7.49. The van der Waals surface area contributed by atoms with Gasteiger partial charge in [0.15, 0.2) is 5.60 Å². The van der Waals surface area contributed by atoms with Gasteiger partial charge in [-0.05, 0) is 13.8 Å². The van der Waals surface area contributed by atoms with E-state index in [0.29, 0.717) is 0 Å². The molecule has 0 aliphatic carbocycles. The van der Waals surface area contributed by atoms with Crippen LogP contribution in [-0.2, 0) is 9.53 Å². The molecule has 0 aliphatic heterocycles. The van der Waals surface area contributed by atoms with E-state index in [9.17, 15) is 4.79 Å². The minimum Gasteiger partial charge on any atom is -0.433 e. The standard InChI is InChI=1S/C6H10O3/c1-4-9-5(7)6(2,3)8/h4,8H,1H2,2-3H3. The molecule has 0 atom stereocenters. The summed E-state index contributed by atoms with van der Waals surface area (Å²) in [5.41, 5.74) is -1.42. The van der Waals surface area contributed by atoms with Gasteiger partial charge < -0.3 is 9.84 Å². The molecule has 0 rings (SSSR count). The molecule has 0 spiro atoms. The number of rotatable bonds is 2. The highest BCUT2D eigenvalue weighted by Crippen LogP contribution is 2.02. The number of aliphatic hydroxyl groups is 1. The lowest BCUT2D eigenvalue weighted by Crippen LogP contribution is -2.31. The first kappa shape index (κ1) is 8.17. The van der Waals surface area contributed by atoms with Gasteiger partial charge in [0.05, 0.1) is 6.26 Å². The summed E-state index contributed by atoms with van der Waals surface area (Å²) in [7, 11) is 0. The summed E-state index contributed by atoms with van der Waals surface area (Å²) in [5, 5.41) is 8.89. The maximum atomic E-state index is 10.5. The van der Waals surface area contributed by atoms with E-state index in [1.165, 1.54) is 13.8 Å². The van der Waals surface area contributed by atoms with Crippen molar-refractivity contribution in [3.63, 3.8) is 0 Å². The molecule has 0 saturated heterocycles. The Labute approximate surface area is 53.9 Å². The molecule has 0 aliphatic rings. The minimum atomic E-state index is -1.42. The smallest absolute Gasteiger partial charge is 0.342 e. The van der Waals surface area contributed by atoms with Crippen molar-refractivity contribution in [2.24, 2.45) is 0 Å². The van der Waals surface area contributed by atoms with Gasteiger partial charge in [-0.1, -0.05) is 6.58 Å². The lowest BCUT2D eigenvalue weighted by molar-refractivity contribution is -0.155. The molecule has 0 aromatic rings. The average molecular weight is 130 g/mol. The second-order valence-corrected chi connectivity index (χ2v) is 2.13. The zero-order valence-corrected chi connectivity index (χ0v) is 5.55. The first-order chi connectivity index (χ1) is 3.98. The molecule has 0 unspecified atom stereocenters. The SMILES string of the molecule is C=COC(=O)C(C)(C)O. The zero-order valence-electron chi connectivity index (χ0n) is 5.55. The fraction of sp³-hybridized carbons (Fsp3) is 0.500. The summed E-state index contributed by atoms with van der Waals surface area (Å²) in [6, 6.07) is 0. The van der Waals surface area contributed by atoms with Crippen LogP contribution in [0.2, 0.25) is 0 Å². The van der Waals surface area contributed by atoms with Gasteiger partial charge in [0.25, 0.3) is 0 Å². The molecule has 0 radical (unpaired) electrons. The Hall–Kier alpha value is -0.830. The van der Waals surface area contributed by atoms with E-state index in [2.05, 4.69) is 11.3 Å². The van der Waals surface area contributed by atoms with Gasteiger partial charge in [-0.3, -0.25) is 0 Å². The van der Waals surface area contributed by atoms with Gasteiger partial charge >= 0.3 is 5.97 Å². The predicted molar refractivity (Wildman–Crippen MR) is 32.6 cm³/mol. The largest absolute Gasteiger partial charge is 0.433 e. The normalized spacial score (nSPS) is 10.6. The van der Waals surface area contributed by atoms with Crippen LogP contribution in [-0.4, -0.2) is 16.7 Å². The van der Waals surface area contributed by atoms with Crippen molar-refractivity contribution in [1.82, 2.24) is 0 Å². The van der Waals surface area contributed by atoms with Gasteiger partial charge in [0.1, 0.15) is 0 Å². The van der Waals surface area contributed by atoms with Crippen molar-refractivity contribution in [1.29, 1.82) is 0 Å². The Morgan fingerprint density at radius 1 is 1.78 bits per heavy atom. The summed E-state index contributed by atoms with van der Waals surface area (Å²) < 4.78 is 4.28. The van der Waals surface area contributed by atoms with E-state index in [1.807, 2.05) is 0 Å². The predicted octanol–water partition coefficient (Wildman–Crippen LogP) is 0.444. The highest BCUT2D eigenvalue weighted by Gasteiger charge is 2.24. The molecule has 52 valence electrons.